The maximum Gasteiger partial charge on any atom is 0.319 e. The van der Waals surface area contributed by atoms with E-state index in [4.69, 9.17) is 5.50 Å². The van der Waals surface area contributed by atoms with Crippen LogP contribution < -0.4 is 10.7 Å². The van der Waals surface area contributed by atoms with Crippen molar-refractivity contribution in [3.63, 3.8) is 0 Å². The highest BCUT2D eigenvalue weighted by Crippen LogP contribution is 2.42. The molecule has 3 fully saturated rings. The van der Waals surface area contributed by atoms with Crippen LogP contribution in [0.5, 0.6) is 0 Å². The van der Waals surface area contributed by atoms with Gasteiger partial charge in [0.15, 0.2) is 0 Å². The minimum atomic E-state index is -3.09. The molecule has 0 aromatic rings. The van der Waals surface area contributed by atoms with E-state index in [9.17, 15) is 4.57 Å². The molecule has 0 aromatic heterocycles. The van der Waals surface area contributed by atoms with E-state index in [-0.39, 0.29) is 0 Å². The first-order valence-corrected chi connectivity index (χ1v) is 9.61. The first-order chi connectivity index (χ1) is 9.67. The van der Waals surface area contributed by atoms with Crippen LogP contribution in [0.1, 0.15) is 38.5 Å². The van der Waals surface area contributed by atoms with E-state index in [0.717, 1.165) is 77.8 Å². The van der Waals surface area contributed by atoms with E-state index in [1.165, 1.54) is 0 Å². The largest absolute Gasteiger partial charge is 0.319 e. The Balaban J connectivity index is 1.73. The minimum Gasteiger partial charge on any atom is -0.267 e. The van der Waals surface area contributed by atoms with Gasteiger partial charge < -0.3 is 0 Å². The van der Waals surface area contributed by atoms with Crippen molar-refractivity contribution in [1.29, 1.82) is 0 Å². The summed E-state index contributed by atoms with van der Waals surface area (Å²) in [6.07, 6.45) is 6.95. The molecule has 0 aromatic carbocycles. The van der Waals surface area contributed by atoms with Crippen LogP contribution in [0.3, 0.4) is 0 Å². The Labute approximate surface area is 121 Å². The molecule has 7 nitrogen and oxygen atoms in total. The predicted molar refractivity (Wildman–Crippen MR) is 79.2 cm³/mol. The molecule has 0 saturated carbocycles. The van der Waals surface area contributed by atoms with Crippen molar-refractivity contribution in [2.75, 3.05) is 39.3 Å². The zero-order valence-corrected chi connectivity index (χ0v) is 13.1. The fraction of sp³-hybridized carbons (Fsp3) is 1.00. The third-order valence-electron chi connectivity index (χ3n) is 4.33. The predicted octanol–water partition coefficient (Wildman–Crippen LogP) is 0.977. The maximum atomic E-state index is 13.1. The van der Waals surface area contributed by atoms with Gasteiger partial charge in [-0.2, -0.15) is 5.20 Å². The first kappa shape index (κ1) is 14.9. The van der Waals surface area contributed by atoms with Crippen molar-refractivity contribution >= 4 is 7.59 Å². The van der Waals surface area contributed by atoms with Gasteiger partial charge in [0.1, 0.15) is 0 Å². The van der Waals surface area contributed by atoms with Gasteiger partial charge in [-0.25, -0.2) is 15.0 Å². The topological polar surface area (TPSA) is 68.1 Å². The highest BCUT2D eigenvalue weighted by atomic mass is 31.2. The van der Waals surface area contributed by atoms with Crippen molar-refractivity contribution in [2.24, 2.45) is 5.50 Å². The monoisotopic (exact) mass is 302 g/mol. The molecule has 20 heavy (non-hydrogen) atoms. The highest BCUT2D eigenvalue weighted by molar-refractivity contribution is 7.56. The van der Waals surface area contributed by atoms with Crippen molar-refractivity contribution in [2.45, 2.75) is 38.5 Å². The summed E-state index contributed by atoms with van der Waals surface area (Å²) in [6, 6.07) is 0. The molecule has 3 heterocycles. The third kappa shape index (κ3) is 3.25. The maximum absolute atomic E-state index is 13.1. The molecule has 1 unspecified atom stereocenters. The van der Waals surface area contributed by atoms with Crippen molar-refractivity contribution in [1.82, 2.24) is 25.1 Å². The van der Waals surface area contributed by atoms with Crippen molar-refractivity contribution < 1.29 is 4.57 Å². The van der Waals surface area contributed by atoms with Crippen LogP contribution in [-0.4, -0.2) is 59.2 Å². The molecule has 0 amide bonds. The molecule has 3 N–H and O–H groups in total. The number of nitrogens with two attached hydrogens (primary N) is 1. The zero-order valence-electron chi connectivity index (χ0n) is 12.2. The van der Waals surface area contributed by atoms with Gasteiger partial charge >= 0.3 is 7.59 Å². The summed E-state index contributed by atoms with van der Waals surface area (Å²) in [7, 11) is -3.09. The fourth-order valence-corrected chi connectivity index (χ4v) is 5.17. The molecular formula is C12H27N6OP. The Hall–Kier alpha value is -0.0100. The Bertz CT molecular complexity index is 347. The van der Waals surface area contributed by atoms with Gasteiger partial charge in [-0.1, -0.05) is 4.89 Å². The lowest BCUT2D eigenvalue weighted by atomic mass is 10.4. The summed E-state index contributed by atoms with van der Waals surface area (Å²) in [4.78, 5) is 1.88. The molecule has 3 aliphatic heterocycles. The van der Waals surface area contributed by atoms with Gasteiger partial charge in [0.05, 0.1) is 0 Å². The fourth-order valence-electron chi connectivity index (χ4n) is 3.37. The molecule has 3 aliphatic rings. The number of nitrogens with one attached hydrogen (secondary N) is 1. The zero-order chi connectivity index (χ0) is 14.0. The normalized spacial score (nSPS) is 29.5. The van der Waals surface area contributed by atoms with Crippen LogP contribution in [0.4, 0.5) is 0 Å². The van der Waals surface area contributed by atoms with E-state index in [1.807, 2.05) is 9.90 Å². The van der Waals surface area contributed by atoms with E-state index in [2.05, 4.69) is 15.2 Å². The van der Waals surface area contributed by atoms with Crippen LogP contribution in [-0.2, 0) is 4.57 Å². The molecule has 3 rings (SSSR count). The average molecular weight is 302 g/mol. The molecule has 3 saturated heterocycles. The van der Waals surface area contributed by atoms with Crippen LogP contribution in [0.25, 0.3) is 0 Å². The van der Waals surface area contributed by atoms with Crippen molar-refractivity contribution in [3.8, 4) is 0 Å². The van der Waals surface area contributed by atoms with Gasteiger partial charge in [-0.15, -0.1) is 0 Å². The lowest BCUT2D eigenvalue weighted by molar-refractivity contribution is -0.0897. The van der Waals surface area contributed by atoms with Gasteiger partial charge in [0, 0.05) is 39.3 Å². The lowest BCUT2D eigenvalue weighted by Gasteiger charge is -2.42. The van der Waals surface area contributed by atoms with E-state index in [0.29, 0.717) is 0 Å². The smallest absolute Gasteiger partial charge is 0.267 e. The number of rotatable bonds is 5. The van der Waals surface area contributed by atoms with E-state index in [1.54, 1.807) is 0 Å². The third-order valence-corrected chi connectivity index (χ3v) is 5.93. The summed E-state index contributed by atoms with van der Waals surface area (Å²) < 4.78 is 13.1. The minimum absolute atomic E-state index is 0.940. The second-order valence-electron chi connectivity index (χ2n) is 6.01. The molecule has 0 radical (unpaired) electrons. The van der Waals surface area contributed by atoms with Gasteiger partial charge in [-0.05, 0) is 38.5 Å². The number of nitrogens with zero attached hydrogens (tertiary/aromatic N) is 4. The first-order valence-electron chi connectivity index (χ1n) is 7.89. The molecule has 0 spiro atoms. The Morgan fingerprint density at radius 3 is 1.65 bits per heavy atom. The summed E-state index contributed by atoms with van der Waals surface area (Å²) in [5.74, 6) is 0. The molecule has 1 atom stereocenters. The summed E-state index contributed by atoms with van der Waals surface area (Å²) >= 11 is 0. The molecular weight excluding hydrogens is 275 g/mol. The summed E-state index contributed by atoms with van der Waals surface area (Å²) in [5, 5.41) is 9.50. The van der Waals surface area contributed by atoms with Crippen LogP contribution in [0.15, 0.2) is 0 Å². The highest BCUT2D eigenvalue weighted by Gasteiger charge is 2.39. The second-order valence-corrected chi connectivity index (χ2v) is 7.81. The summed E-state index contributed by atoms with van der Waals surface area (Å²) in [6.45, 7) is 5.71. The Morgan fingerprint density at radius 2 is 1.20 bits per heavy atom. The van der Waals surface area contributed by atoms with Gasteiger partial charge in [0.2, 0.25) is 0 Å². The Morgan fingerprint density at radius 1 is 0.800 bits per heavy atom. The standard InChI is InChI=1S/C12H27N6OP/c13-20(19,14-15-7-1-2-8-15)18(16-9-3-4-10-16)17-11-5-6-12-17/h1-12H2,(H3,13,14,19). The number of hydrazine groups is 3. The van der Waals surface area contributed by atoms with Crippen LogP contribution in [0, 0.1) is 0 Å². The summed E-state index contributed by atoms with van der Waals surface area (Å²) in [5.41, 5.74) is 6.25. The molecule has 0 aliphatic carbocycles. The van der Waals surface area contributed by atoms with Gasteiger partial charge in [0.25, 0.3) is 0 Å². The van der Waals surface area contributed by atoms with E-state index < -0.39 is 7.59 Å². The number of hydrogen-bond acceptors (Lipinski definition) is 4. The average Bonchev–Trinajstić information content (AvgIpc) is 3.09. The Kier molecular flexibility index (Phi) is 4.77. The number of hydrogen-bond donors (Lipinski definition) is 2. The van der Waals surface area contributed by atoms with Crippen LogP contribution in [0.2, 0.25) is 0 Å². The van der Waals surface area contributed by atoms with Crippen molar-refractivity contribution in [3.05, 3.63) is 0 Å². The SMILES string of the molecule is NP(=O)(NN1CCCC1)N(N1CCCC1)N1CCCC1. The van der Waals surface area contributed by atoms with Crippen LogP contribution >= 0.6 is 7.59 Å². The second kappa shape index (κ2) is 6.40. The van der Waals surface area contributed by atoms with Gasteiger partial charge in [-0.3, -0.25) is 10.1 Å². The molecule has 116 valence electrons. The molecule has 0 bridgehead atoms. The quantitative estimate of drug-likeness (QED) is 0.734. The molecule has 8 heteroatoms. The van der Waals surface area contributed by atoms with E-state index >= 15 is 0 Å². The lowest BCUT2D eigenvalue weighted by Crippen LogP contribution is -2.54.